The number of amides is 1. The molecule has 0 spiro atoms. The fourth-order valence-corrected chi connectivity index (χ4v) is 4.50. The van der Waals surface area contributed by atoms with Crippen molar-refractivity contribution in [2.75, 3.05) is 16.6 Å². The van der Waals surface area contributed by atoms with Crippen LogP contribution in [0.1, 0.15) is 31.7 Å². The number of carbonyl (C=O) groups excluding carboxylic acids is 1. The third-order valence-electron chi connectivity index (χ3n) is 4.80. The minimum absolute atomic E-state index is 0.0623. The van der Waals surface area contributed by atoms with Crippen LogP contribution >= 0.6 is 11.6 Å². The third-order valence-corrected chi connectivity index (χ3v) is 6.56. The van der Waals surface area contributed by atoms with Crippen LogP contribution in [0.2, 0.25) is 5.02 Å². The molecule has 0 heterocycles. The van der Waals surface area contributed by atoms with E-state index in [9.17, 15) is 13.2 Å². The van der Waals surface area contributed by atoms with Gasteiger partial charge < -0.3 is 10.1 Å². The van der Waals surface area contributed by atoms with Crippen molar-refractivity contribution >= 4 is 38.9 Å². The van der Waals surface area contributed by atoms with Crippen LogP contribution in [-0.2, 0) is 19.6 Å². The first kappa shape index (κ1) is 20.6. The predicted octanol–water partition coefficient (Wildman–Crippen LogP) is 4.35. The standard InChI is InChI=1S/C20H23ClN2O4S/c1-14-7-8-16(22-19(24)13-27-20(2)9-4-10-20)12-18(14)28(25,26)23-17-6-3-5-15(21)11-17/h3,5-8,11-12,23H,4,9-10,13H2,1-2H3,(H,22,24). The normalized spacial score (nSPS) is 15.5. The molecule has 1 fully saturated rings. The maximum absolute atomic E-state index is 12.8. The van der Waals surface area contributed by atoms with Gasteiger partial charge in [-0.3, -0.25) is 9.52 Å². The van der Waals surface area contributed by atoms with E-state index in [1.165, 1.54) is 12.1 Å². The lowest BCUT2D eigenvalue weighted by Gasteiger charge is -2.37. The van der Waals surface area contributed by atoms with Gasteiger partial charge in [0.1, 0.15) is 6.61 Å². The van der Waals surface area contributed by atoms with Crippen molar-refractivity contribution in [1.29, 1.82) is 0 Å². The molecule has 0 unspecified atom stereocenters. The number of carbonyl (C=O) groups is 1. The second kappa shape index (κ2) is 8.11. The molecule has 150 valence electrons. The van der Waals surface area contributed by atoms with E-state index < -0.39 is 10.0 Å². The van der Waals surface area contributed by atoms with Crippen LogP contribution in [0.3, 0.4) is 0 Å². The zero-order valence-electron chi connectivity index (χ0n) is 15.8. The van der Waals surface area contributed by atoms with Crippen LogP contribution in [0.25, 0.3) is 0 Å². The molecule has 2 aromatic carbocycles. The maximum Gasteiger partial charge on any atom is 0.262 e. The van der Waals surface area contributed by atoms with Gasteiger partial charge in [-0.1, -0.05) is 23.7 Å². The SMILES string of the molecule is Cc1ccc(NC(=O)COC2(C)CCC2)cc1S(=O)(=O)Nc1cccc(Cl)c1. The highest BCUT2D eigenvalue weighted by Crippen LogP contribution is 2.34. The van der Waals surface area contributed by atoms with Crippen molar-refractivity contribution in [1.82, 2.24) is 0 Å². The Morgan fingerprint density at radius 1 is 1.18 bits per heavy atom. The Morgan fingerprint density at radius 3 is 2.57 bits per heavy atom. The van der Waals surface area contributed by atoms with Crippen molar-refractivity contribution in [2.24, 2.45) is 0 Å². The van der Waals surface area contributed by atoms with Gasteiger partial charge in [0.25, 0.3) is 10.0 Å². The van der Waals surface area contributed by atoms with E-state index in [2.05, 4.69) is 10.0 Å². The van der Waals surface area contributed by atoms with Gasteiger partial charge >= 0.3 is 0 Å². The molecule has 6 nitrogen and oxygen atoms in total. The van der Waals surface area contributed by atoms with E-state index >= 15 is 0 Å². The van der Waals surface area contributed by atoms with E-state index in [4.69, 9.17) is 16.3 Å². The summed E-state index contributed by atoms with van der Waals surface area (Å²) in [5.74, 6) is -0.317. The molecule has 2 aromatic rings. The lowest BCUT2D eigenvalue weighted by molar-refractivity contribution is -0.134. The second-order valence-corrected chi connectivity index (χ2v) is 9.32. The highest BCUT2D eigenvalue weighted by Gasteiger charge is 2.33. The van der Waals surface area contributed by atoms with E-state index in [-0.39, 0.29) is 23.0 Å². The second-order valence-electron chi connectivity index (χ2n) is 7.24. The molecule has 1 aliphatic rings. The molecule has 0 saturated heterocycles. The molecular weight excluding hydrogens is 400 g/mol. The minimum atomic E-state index is -3.84. The average molecular weight is 423 g/mol. The summed E-state index contributed by atoms with van der Waals surface area (Å²) in [4.78, 5) is 12.2. The van der Waals surface area contributed by atoms with Gasteiger partial charge in [0.15, 0.2) is 0 Å². The van der Waals surface area contributed by atoms with Crippen LogP contribution in [-0.4, -0.2) is 26.5 Å². The molecule has 1 aliphatic carbocycles. The van der Waals surface area contributed by atoms with E-state index in [1.54, 1.807) is 37.3 Å². The predicted molar refractivity (Wildman–Crippen MR) is 110 cm³/mol. The van der Waals surface area contributed by atoms with Crippen LogP contribution in [0, 0.1) is 6.92 Å². The molecule has 3 rings (SSSR count). The first-order chi connectivity index (χ1) is 13.2. The van der Waals surface area contributed by atoms with Crippen molar-refractivity contribution in [3.05, 3.63) is 53.1 Å². The van der Waals surface area contributed by atoms with Gasteiger partial charge in [-0.15, -0.1) is 0 Å². The quantitative estimate of drug-likeness (QED) is 0.694. The smallest absolute Gasteiger partial charge is 0.262 e. The summed E-state index contributed by atoms with van der Waals surface area (Å²) < 4.78 is 33.7. The number of rotatable bonds is 7. The summed E-state index contributed by atoms with van der Waals surface area (Å²) in [6.45, 7) is 3.62. The first-order valence-electron chi connectivity index (χ1n) is 9.00. The van der Waals surface area contributed by atoms with Gasteiger partial charge in [-0.05, 0) is 69.0 Å². The molecule has 0 bridgehead atoms. The monoisotopic (exact) mass is 422 g/mol. The molecule has 8 heteroatoms. The van der Waals surface area contributed by atoms with Crippen LogP contribution < -0.4 is 10.0 Å². The molecule has 0 aromatic heterocycles. The fourth-order valence-electron chi connectivity index (χ4n) is 2.99. The van der Waals surface area contributed by atoms with Crippen LogP contribution in [0.4, 0.5) is 11.4 Å². The summed E-state index contributed by atoms with van der Waals surface area (Å²) in [5, 5.41) is 3.13. The summed E-state index contributed by atoms with van der Waals surface area (Å²) in [5.41, 5.74) is 1.10. The fraction of sp³-hybridized carbons (Fsp3) is 0.350. The highest BCUT2D eigenvalue weighted by atomic mass is 35.5. The van der Waals surface area contributed by atoms with Gasteiger partial charge in [-0.2, -0.15) is 0 Å². The van der Waals surface area contributed by atoms with Gasteiger partial charge in [0.2, 0.25) is 5.91 Å². The Bertz CT molecular complexity index is 987. The largest absolute Gasteiger partial charge is 0.365 e. The van der Waals surface area contributed by atoms with Crippen LogP contribution in [0.15, 0.2) is 47.4 Å². The number of halogens is 1. The molecule has 1 saturated carbocycles. The number of anilines is 2. The lowest BCUT2D eigenvalue weighted by atomic mass is 9.82. The minimum Gasteiger partial charge on any atom is -0.365 e. The topological polar surface area (TPSA) is 84.5 Å². The van der Waals surface area contributed by atoms with E-state index in [0.29, 0.717) is 22.0 Å². The van der Waals surface area contributed by atoms with Crippen molar-refractivity contribution < 1.29 is 17.9 Å². The van der Waals surface area contributed by atoms with Gasteiger partial charge in [0, 0.05) is 10.7 Å². The number of hydrogen-bond acceptors (Lipinski definition) is 4. The molecule has 1 amide bonds. The maximum atomic E-state index is 12.8. The Labute approximate surface area is 170 Å². The van der Waals surface area contributed by atoms with E-state index in [1.807, 2.05) is 6.92 Å². The molecule has 2 N–H and O–H groups in total. The number of sulfonamides is 1. The molecule has 28 heavy (non-hydrogen) atoms. The zero-order chi connectivity index (χ0) is 20.4. The summed E-state index contributed by atoms with van der Waals surface area (Å²) in [6.07, 6.45) is 3.00. The Kier molecular flexibility index (Phi) is 5.98. The lowest BCUT2D eigenvalue weighted by Crippen LogP contribution is -2.39. The van der Waals surface area contributed by atoms with Crippen molar-refractivity contribution in [3.63, 3.8) is 0 Å². The Hall–Kier alpha value is -2.09. The number of benzene rings is 2. The Morgan fingerprint density at radius 2 is 1.93 bits per heavy atom. The van der Waals surface area contributed by atoms with Crippen LogP contribution in [0.5, 0.6) is 0 Å². The highest BCUT2D eigenvalue weighted by molar-refractivity contribution is 7.92. The summed E-state index contributed by atoms with van der Waals surface area (Å²) >= 11 is 5.92. The first-order valence-corrected chi connectivity index (χ1v) is 10.9. The number of ether oxygens (including phenoxy) is 1. The zero-order valence-corrected chi connectivity index (χ0v) is 17.4. The number of hydrogen-bond donors (Lipinski definition) is 2. The number of aryl methyl sites for hydroxylation is 1. The molecule has 0 radical (unpaired) electrons. The average Bonchev–Trinajstić information content (AvgIpc) is 2.59. The molecule has 0 atom stereocenters. The molecular formula is C20H23ClN2O4S. The van der Waals surface area contributed by atoms with E-state index in [0.717, 1.165) is 19.3 Å². The summed E-state index contributed by atoms with van der Waals surface area (Å²) in [6, 6.07) is 11.2. The third kappa shape index (κ3) is 5.04. The van der Waals surface area contributed by atoms with Crippen molar-refractivity contribution in [3.8, 4) is 0 Å². The molecule has 0 aliphatic heterocycles. The van der Waals surface area contributed by atoms with Crippen molar-refractivity contribution in [2.45, 2.75) is 43.6 Å². The van der Waals surface area contributed by atoms with Gasteiger partial charge in [0.05, 0.1) is 16.2 Å². The Balaban J connectivity index is 1.72. The number of nitrogens with one attached hydrogen (secondary N) is 2. The van der Waals surface area contributed by atoms with Gasteiger partial charge in [-0.25, -0.2) is 8.42 Å². The summed E-state index contributed by atoms with van der Waals surface area (Å²) in [7, 11) is -3.84.